The first-order chi connectivity index (χ1) is 13.6. The molecule has 0 spiro atoms. The maximum absolute atomic E-state index is 6.50. The molecule has 2 heterocycles. The zero-order valence-corrected chi connectivity index (χ0v) is 16.9. The fourth-order valence-electron chi connectivity index (χ4n) is 3.76. The molecule has 0 saturated carbocycles. The van der Waals surface area contributed by atoms with Crippen LogP contribution in [0, 0.1) is 0 Å². The van der Waals surface area contributed by atoms with Crippen molar-refractivity contribution in [3.05, 3.63) is 98.5 Å². The number of hydrazone groups is 1. The lowest BCUT2D eigenvalue weighted by atomic mass is 9.96. The smallest absolute Gasteiger partial charge is 0.215 e. The van der Waals surface area contributed by atoms with Crippen LogP contribution in [-0.2, 0) is 0 Å². The minimum atomic E-state index is -0.422. The maximum atomic E-state index is 6.50. The van der Waals surface area contributed by atoms with Crippen LogP contribution in [0.15, 0.2) is 71.8 Å². The van der Waals surface area contributed by atoms with Gasteiger partial charge in [-0.1, -0.05) is 71.2 Å². The first-order valence-corrected chi connectivity index (χ1v) is 10.1. The number of hydrogen-bond acceptors (Lipinski definition) is 3. The van der Waals surface area contributed by atoms with Gasteiger partial charge in [0.25, 0.3) is 0 Å². The quantitative estimate of drug-likeness (QED) is 0.443. The summed E-state index contributed by atoms with van der Waals surface area (Å²) in [6.45, 7) is 0. The van der Waals surface area contributed by atoms with Crippen LogP contribution in [0.5, 0.6) is 5.75 Å². The van der Waals surface area contributed by atoms with Crippen molar-refractivity contribution in [1.29, 1.82) is 0 Å². The van der Waals surface area contributed by atoms with E-state index in [0.29, 0.717) is 15.1 Å². The molecule has 0 aliphatic carbocycles. The molecule has 3 nitrogen and oxygen atoms in total. The third kappa shape index (κ3) is 3.04. The second kappa shape index (κ2) is 7.00. The summed E-state index contributed by atoms with van der Waals surface area (Å²) in [5.41, 5.74) is 4.01. The van der Waals surface area contributed by atoms with Crippen molar-refractivity contribution in [2.24, 2.45) is 5.10 Å². The Balaban J connectivity index is 1.61. The normalized spacial score (nSPS) is 20.2. The molecular weight excluding hydrogens is 415 g/mol. The summed E-state index contributed by atoms with van der Waals surface area (Å²) in [5.74, 6) is 0.854. The van der Waals surface area contributed by atoms with Gasteiger partial charge in [-0.05, 0) is 35.9 Å². The number of benzene rings is 3. The molecule has 0 N–H and O–H groups in total. The van der Waals surface area contributed by atoms with Gasteiger partial charge in [-0.15, -0.1) is 0 Å². The van der Waals surface area contributed by atoms with Crippen LogP contribution in [0.3, 0.4) is 0 Å². The van der Waals surface area contributed by atoms with Crippen LogP contribution >= 0.6 is 34.8 Å². The standard InChI is InChI=1S/C22H15Cl3N2O/c23-14-7-5-13(6-8-14)19-12-20-17-3-1-2-4-21(17)28-22(27(20)26-19)16-10-9-15(24)11-18(16)25/h1-11,20,22H,12H2. The number of ether oxygens (including phenoxy) is 1. The van der Waals surface area contributed by atoms with Crippen molar-refractivity contribution in [1.82, 2.24) is 5.01 Å². The van der Waals surface area contributed by atoms with E-state index in [1.54, 1.807) is 6.07 Å². The third-order valence-electron chi connectivity index (χ3n) is 5.11. The van der Waals surface area contributed by atoms with E-state index < -0.39 is 6.23 Å². The zero-order chi connectivity index (χ0) is 19.3. The van der Waals surface area contributed by atoms with Crippen LogP contribution in [0.1, 0.15) is 35.4 Å². The molecule has 0 saturated heterocycles. The van der Waals surface area contributed by atoms with E-state index in [1.807, 2.05) is 59.6 Å². The van der Waals surface area contributed by atoms with E-state index in [-0.39, 0.29) is 6.04 Å². The highest BCUT2D eigenvalue weighted by molar-refractivity contribution is 6.35. The molecule has 0 fully saturated rings. The second-order valence-electron chi connectivity index (χ2n) is 6.83. The van der Waals surface area contributed by atoms with E-state index >= 15 is 0 Å². The number of fused-ring (bicyclic) bond motifs is 3. The summed E-state index contributed by atoms with van der Waals surface area (Å²) < 4.78 is 6.33. The lowest BCUT2D eigenvalue weighted by Gasteiger charge is -2.38. The fraction of sp³-hybridized carbons (Fsp3) is 0.136. The molecule has 3 aromatic rings. The predicted molar refractivity (Wildman–Crippen MR) is 113 cm³/mol. The molecule has 5 rings (SSSR count). The number of hydrogen-bond donors (Lipinski definition) is 0. The molecule has 2 unspecified atom stereocenters. The summed E-state index contributed by atoms with van der Waals surface area (Å²) >= 11 is 18.6. The monoisotopic (exact) mass is 428 g/mol. The molecule has 2 aliphatic heterocycles. The van der Waals surface area contributed by atoms with Gasteiger partial charge in [0, 0.05) is 27.6 Å². The third-order valence-corrected chi connectivity index (χ3v) is 5.92. The highest BCUT2D eigenvalue weighted by Gasteiger charge is 2.41. The molecule has 6 heteroatoms. The van der Waals surface area contributed by atoms with E-state index in [2.05, 4.69) is 6.07 Å². The van der Waals surface area contributed by atoms with Gasteiger partial charge in [0.1, 0.15) is 5.75 Å². The molecule has 140 valence electrons. The number of para-hydroxylation sites is 1. The van der Waals surface area contributed by atoms with Crippen molar-refractivity contribution in [2.75, 3.05) is 0 Å². The summed E-state index contributed by atoms with van der Waals surface area (Å²) in [5, 5.41) is 8.78. The Morgan fingerprint density at radius 2 is 1.61 bits per heavy atom. The Kier molecular flexibility index (Phi) is 4.47. The number of rotatable bonds is 2. The SMILES string of the molecule is Clc1ccc(C2=NN3C(C2)c2ccccc2OC3c2ccc(Cl)cc2Cl)cc1. The molecule has 0 radical (unpaired) electrons. The Morgan fingerprint density at radius 3 is 2.39 bits per heavy atom. The second-order valence-corrected chi connectivity index (χ2v) is 8.11. The highest BCUT2D eigenvalue weighted by atomic mass is 35.5. The lowest BCUT2D eigenvalue weighted by Crippen LogP contribution is -2.33. The summed E-state index contributed by atoms with van der Waals surface area (Å²) in [4.78, 5) is 0. The molecule has 3 aromatic carbocycles. The van der Waals surface area contributed by atoms with Gasteiger partial charge in [0.2, 0.25) is 6.23 Å². The van der Waals surface area contributed by atoms with Crippen LogP contribution in [0.2, 0.25) is 15.1 Å². The minimum absolute atomic E-state index is 0.0763. The van der Waals surface area contributed by atoms with Gasteiger partial charge in [-0.3, -0.25) is 0 Å². The van der Waals surface area contributed by atoms with Gasteiger partial charge in [0.05, 0.1) is 16.8 Å². The van der Waals surface area contributed by atoms with E-state index in [9.17, 15) is 0 Å². The van der Waals surface area contributed by atoms with Crippen molar-refractivity contribution in [3.8, 4) is 5.75 Å². The molecule has 0 aromatic heterocycles. The van der Waals surface area contributed by atoms with Gasteiger partial charge in [-0.2, -0.15) is 5.10 Å². The topological polar surface area (TPSA) is 24.8 Å². The Bertz CT molecular complexity index is 1080. The highest BCUT2D eigenvalue weighted by Crippen LogP contribution is 2.48. The lowest BCUT2D eigenvalue weighted by molar-refractivity contribution is -0.0189. The first kappa shape index (κ1) is 17.9. The minimum Gasteiger partial charge on any atom is -0.464 e. The van der Waals surface area contributed by atoms with Crippen LogP contribution in [-0.4, -0.2) is 10.7 Å². The van der Waals surface area contributed by atoms with Crippen LogP contribution < -0.4 is 4.74 Å². The zero-order valence-electron chi connectivity index (χ0n) is 14.6. The molecule has 0 bridgehead atoms. The Labute approximate surface area is 178 Å². The van der Waals surface area contributed by atoms with Gasteiger partial charge in [-0.25, -0.2) is 5.01 Å². The summed E-state index contributed by atoms with van der Waals surface area (Å²) in [6, 6.07) is 21.4. The summed E-state index contributed by atoms with van der Waals surface area (Å²) in [6.07, 6.45) is 0.360. The van der Waals surface area contributed by atoms with E-state index in [0.717, 1.165) is 34.6 Å². The Hall–Kier alpha value is -2.20. The van der Waals surface area contributed by atoms with E-state index in [4.69, 9.17) is 44.6 Å². The molecule has 2 aliphatic rings. The molecule has 28 heavy (non-hydrogen) atoms. The maximum Gasteiger partial charge on any atom is 0.215 e. The molecule has 2 atom stereocenters. The van der Waals surface area contributed by atoms with Crippen LogP contribution in [0.25, 0.3) is 0 Å². The average molecular weight is 430 g/mol. The van der Waals surface area contributed by atoms with Crippen molar-refractivity contribution in [3.63, 3.8) is 0 Å². The average Bonchev–Trinajstić information content (AvgIpc) is 3.14. The Morgan fingerprint density at radius 1 is 0.857 bits per heavy atom. The van der Waals surface area contributed by atoms with E-state index in [1.165, 1.54) is 0 Å². The number of halogens is 3. The van der Waals surface area contributed by atoms with Gasteiger partial charge < -0.3 is 4.74 Å². The molecular formula is C22H15Cl3N2O. The molecule has 0 amide bonds. The van der Waals surface area contributed by atoms with Crippen molar-refractivity contribution < 1.29 is 4.74 Å². The van der Waals surface area contributed by atoms with Gasteiger partial charge in [0.15, 0.2) is 0 Å². The van der Waals surface area contributed by atoms with Gasteiger partial charge >= 0.3 is 0 Å². The van der Waals surface area contributed by atoms with Crippen molar-refractivity contribution in [2.45, 2.75) is 18.7 Å². The number of nitrogens with zero attached hydrogens (tertiary/aromatic N) is 2. The first-order valence-electron chi connectivity index (χ1n) is 8.92. The largest absolute Gasteiger partial charge is 0.464 e. The van der Waals surface area contributed by atoms with Crippen molar-refractivity contribution >= 4 is 40.5 Å². The summed E-state index contributed by atoms with van der Waals surface area (Å²) in [7, 11) is 0. The predicted octanol–water partition coefficient (Wildman–Crippen LogP) is 6.89. The van der Waals surface area contributed by atoms with Crippen LogP contribution in [0.4, 0.5) is 0 Å². The fourth-order valence-corrected chi connectivity index (χ4v) is 4.39.